The number of halogens is 1. The maximum Gasteiger partial charge on any atom is 0.251 e. The molecule has 1 aromatic rings. The van der Waals surface area contributed by atoms with Gasteiger partial charge in [0.1, 0.15) is 16.5 Å². The minimum Gasteiger partial charge on any atom is -0.330 e. The number of amides is 2. The van der Waals surface area contributed by atoms with E-state index >= 15 is 0 Å². The summed E-state index contributed by atoms with van der Waals surface area (Å²) in [6.45, 7) is 0.680. The number of hydrogen-bond acceptors (Lipinski definition) is 3. The molecule has 18 heavy (non-hydrogen) atoms. The van der Waals surface area contributed by atoms with Crippen LogP contribution in [0.1, 0.15) is 12.8 Å². The van der Waals surface area contributed by atoms with Crippen LogP contribution in [0.25, 0.3) is 0 Å². The van der Waals surface area contributed by atoms with Crippen LogP contribution in [-0.2, 0) is 9.59 Å². The van der Waals surface area contributed by atoms with Crippen molar-refractivity contribution in [3.8, 4) is 0 Å². The van der Waals surface area contributed by atoms with Crippen molar-refractivity contribution >= 4 is 29.7 Å². The molecule has 0 aromatic carbocycles. The summed E-state index contributed by atoms with van der Waals surface area (Å²) in [4.78, 5) is 28.8. The van der Waals surface area contributed by atoms with E-state index in [9.17, 15) is 9.59 Å². The zero-order valence-electron chi connectivity index (χ0n) is 9.60. The molecule has 3 heterocycles. The van der Waals surface area contributed by atoms with E-state index in [1.807, 2.05) is 0 Å². The van der Waals surface area contributed by atoms with E-state index in [1.165, 1.54) is 0 Å². The highest BCUT2D eigenvalue weighted by atomic mass is 35.5. The summed E-state index contributed by atoms with van der Waals surface area (Å²) in [5.74, 6) is 0.717. The molecule has 3 aliphatic rings. The standard InChI is InChI=1S/C12H12ClN3O2/c13-9-2-1-3-10(14-9)15-11(18)12-4-8(5-12)6-16(12)7-17/h1-3,7-8H,4-6H2,(H,14,15,18). The number of hydrogen-bond donors (Lipinski definition) is 1. The number of carbonyl (C=O) groups is 2. The van der Waals surface area contributed by atoms with E-state index in [0.717, 1.165) is 19.3 Å². The van der Waals surface area contributed by atoms with Gasteiger partial charge in [-0.25, -0.2) is 4.98 Å². The maximum absolute atomic E-state index is 12.3. The number of anilines is 1. The first kappa shape index (κ1) is 11.5. The molecular formula is C12H12ClN3O2. The third-order valence-electron chi connectivity index (χ3n) is 3.76. The molecule has 0 spiro atoms. The van der Waals surface area contributed by atoms with E-state index < -0.39 is 5.54 Å². The number of carbonyl (C=O) groups excluding carboxylic acids is 2. The SMILES string of the molecule is O=CN1CC2CC1(C(=O)Nc1cccc(Cl)n1)C2. The van der Waals surface area contributed by atoms with Gasteiger partial charge in [0.25, 0.3) is 5.91 Å². The Morgan fingerprint density at radius 2 is 2.33 bits per heavy atom. The Kier molecular flexibility index (Phi) is 2.52. The summed E-state index contributed by atoms with van der Waals surface area (Å²) in [6.07, 6.45) is 2.26. The zero-order chi connectivity index (χ0) is 12.8. The van der Waals surface area contributed by atoms with Crippen LogP contribution in [-0.4, -0.2) is 34.3 Å². The molecule has 6 heteroatoms. The molecule has 5 nitrogen and oxygen atoms in total. The predicted octanol–water partition coefficient (Wildman–Crippen LogP) is 1.29. The van der Waals surface area contributed by atoms with Crippen molar-refractivity contribution in [2.45, 2.75) is 18.4 Å². The van der Waals surface area contributed by atoms with E-state index in [1.54, 1.807) is 23.1 Å². The summed E-state index contributed by atoms with van der Waals surface area (Å²) < 4.78 is 0. The Hall–Kier alpha value is -1.62. The summed E-state index contributed by atoms with van der Waals surface area (Å²) in [5.41, 5.74) is -0.656. The first-order valence-corrected chi connectivity index (χ1v) is 6.18. The van der Waals surface area contributed by atoms with Gasteiger partial charge < -0.3 is 10.2 Å². The molecule has 2 bridgehead atoms. The Balaban J connectivity index is 1.78. The predicted molar refractivity (Wildman–Crippen MR) is 66.1 cm³/mol. The number of nitrogens with zero attached hydrogens (tertiary/aromatic N) is 2. The van der Waals surface area contributed by atoms with E-state index in [-0.39, 0.29) is 5.91 Å². The van der Waals surface area contributed by atoms with Crippen molar-refractivity contribution in [3.63, 3.8) is 0 Å². The second-order valence-electron chi connectivity index (χ2n) is 4.86. The molecule has 1 aromatic heterocycles. The van der Waals surface area contributed by atoms with Crippen LogP contribution in [0.3, 0.4) is 0 Å². The maximum atomic E-state index is 12.3. The van der Waals surface area contributed by atoms with Gasteiger partial charge >= 0.3 is 0 Å². The number of fused-ring (bicyclic) bond motifs is 1. The number of aromatic nitrogens is 1. The quantitative estimate of drug-likeness (QED) is 0.662. The van der Waals surface area contributed by atoms with Crippen molar-refractivity contribution in [3.05, 3.63) is 23.4 Å². The minimum absolute atomic E-state index is 0.168. The first-order chi connectivity index (χ1) is 8.64. The molecule has 2 amide bonds. The fraction of sp³-hybridized carbons (Fsp3) is 0.417. The highest BCUT2D eigenvalue weighted by Gasteiger charge is 2.60. The van der Waals surface area contributed by atoms with Gasteiger partial charge in [-0.05, 0) is 30.9 Å². The highest BCUT2D eigenvalue weighted by Crippen LogP contribution is 2.50. The summed E-state index contributed by atoms with van der Waals surface area (Å²) >= 11 is 5.76. The molecule has 94 valence electrons. The van der Waals surface area contributed by atoms with Gasteiger partial charge in [0.15, 0.2) is 0 Å². The monoisotopic (exact) mass is 265 g/mol. The number of pyridine rings is 1. The van der Waals surface area contributed by atoms with E-state index in [4.69, 9.17) is 11.6 Å². The average molecular weight is 266 g/mol. The van der Waals surface area contributed by atoms with Crippen LogP contribution in [0.2, 0.25) is 5.15 Å². The van der Waals surface area contributed by atoms with Gasteiger partial charge in [0.05, 0.1) is 0 Å². The Morgan fingerprint density at radius 3 is 3.00 bits per heavy atom. The summed E-state index contributed by atoms with van der Waals surface area (Å²) in [7, 11) is 0. The average Bonchev–Trinajstić information content (AvgIpc) is 2.82. The fourth-order valence-electron chi connectivity index (χ4n) is 2.88. The Bertz CT molecular complexity index is 514. The van der Waals surface area contributed by atoms with Crippen molar-refractivity contribution in [2.24, 2.45) is 5.92 Å². The molecule has 0 unspecified atom stereocenters. The molecule has 3 fully saturated rings. The molecule has 1 N–H and O–H groups in total. The van der Waals surface area contributed by atoms with Crippen molar-refractivity contribution in [1.82, 2.24) is 9.88 Å². The van der Waals surface area contributed by atoms with Crippen molar-refractivity contribution < 1.29 is 9.59 Å². The summed E-state index contributed by atoms with van der Waals surface area (Å²) in [5, 5.41) is 3.06. The number of nitrogens with one attached hydrogen (secondary N) is 1. The number of rotatable bonds is 3. The molecular weight excluding hydrogens is 254 g/mol. The van der Waals surface area contributed by atoms with Gasteiger partial charge in [-0.3, -0.25) is 9.59 Å². The molecule has 2 aliphatic heterocycles. The lowest BCUT2D eigenvalue weighted by Gasteiger charge is -2.38. The van der Waals surface area contributed by atoms with Crippen LogP contribution in [0, 0.1) is 5.92 Å². The van der Waals surface area contributed by atoms with Crippen molar-refractivity contribution in [2.75, 3.05) is 11.9 Å². The van der Waals surface area contributed by atoms with Crippen LogP contribution in [0.15, 0.2) is 18.2 Å². The second-order valence-corrected chi connectivity index (χ2v) is 5.25. The Labute approximate surface area is 109 Å². The van der Waals surface area contributed by atoms with Gasteiger partial charge in [0, 0.05) is 6.54 Å². The molecule has 4 rings (SSSR count). The molecule has 0 atom stereocenters. The lowest BCUT2D eigenvalue weighted by atomic mass is 9.72. The van der Waals surface area contributed by atoms with Crippen molar-refractivity contribution in [1.29, 1.82) is 0 Å². The van der Waals surface area contributed by atoms with Crippen LogP contribution >= 0.6 is 11.6 Å². The van der Waals surface area contributed by atoms with Gasteiger partial charge in [-0.2, -0.15) is 0 Å². The highest BCUT2D eigenvalue weighted by molar-refractivity contribution is 6.29. The van der Waals surface area contributed by atoms with Gasteiger partial charge in [0.2, 0.25) is 6.41 Å². The zero-order valence-corrected chi connectivity index (χ0v) is 10.4. The lowest BCUT2D eigenvalue weighted by Crippen LogP contribution is -2.54. The topological polar surface area (TPSA) is 62.3 Å². The molecule has 2 saturated heterocycles. The summed E-state index contributed by atoms with van der Waals surface area (Å²) in [6, 6.07) is 5.04. The van der Waals surface area contributed by atoms with Gasteiger partial charge in [-0.15, -0.1) is 0 Å². The largest absolute Gasteiger partial charge is 0.330 e. The second kappa shape index (κ2) is 3.95. The first-order valence-electron chi connectivity index (χ1n) is 5.80. The molecule has 1 saturated carbocycles. The van der Waals surface area contributed by atoms with Crippen LogP contribution < -0.4 is 5.32 Å². The van der Waals surface area contributed by atoms with Crippen LogP contribution in [0.5, 0.6) is 0 Å². The Morgan fingerprint density at radius 1 is 1.56 bits per heavy atom. The van der Waals surface area contributed by atoms with Crippen LogP contribution in [0.4, 0.5) is 5.82 Å². The fourth-order valence-corrected chi connectivity index (χ4v) is 3.05. The van der Waals surface area contributed by atoms with E-state index in [0.29, 0.717) is 23.4 Å². The van der Waals surface area contributed by atoms with E-state index in [2.05, 4.69) is 10.3 Å². The molecule has 0 radical (unpaired) electrons. The normalized spacial score (nSPS) is 28.7. The lowest BCUT2D eigenvalue weighted by molar-refractivity contribution is -0.135. The third kappa shape index (κ3) is 1.58. The smallest absolute Gasteiger partial charge is 0.251 e. The molecule has 1 aliphatic carbocycles. The third-order valence-corrected chi connectivity index (χ3v) is 3.97. The minimum atomic E-state index is -0.656. The van der Waals surface area contributed by atoms with Gasteiger partial charge in [-0.1, -0.05) is 17.7 Å².